The summed E-state index contributed by atoms with van der Waals surface area (Å²) in [7, 11) is 1.75. The van der Waals surface area contributed by atoms with Crippen LogP contribution in [0.2, 0.25) is 0 Å². The molecule has 0 aliphatic heterocycles. The van der Waals surface area contributed by atoms with E-state index in [1.807, 2.05) is 6.08 Å². The zero-order chi connectivity index (χ0) is 14.3. The molecule has 1 saturated carbocycles. The van der Waals surface area contributed by atoms with Crippen LogP contribution in [0.25, 0.3) is 0 Å². The van der Waals surface area contributed by atoms with E-state index in [0.717, 1.165) is 32.1 Å². The van der Waals surface area contributed by atoms with Gasteiger partial charge in [0.1, 0.15) is 0 Å². The van der Waals surface area contributed by atoms with E-state index in [1.165, 1.54) is 0 Å². The highest BCUT2D eigenvalue weighted by Crippen LogP contribution is 2.39. The van der Waals surface area contributed by atoms with Crippen molar-refractivity contribution in [2.45, 2.75) is 51.4 Å². The van der Waals surface area contributed by atoms with Gasteiger partial charge in [0.15, 0.2) is 0 Å². The van der Waals surface area contributed by atoms with Crippen molar-refractivity contribution in [2.24, 2.45) is 5.41 Å². The van der Waals surface area contributed by atoms with Gasteiger partial charge in [-0.2, -0.15) is 0 Å². The molecule has 1 rings (SSSR count). The van der Waals surface area contributed by atoms with Gasteiger partial charge in [0.25, 0.3) is 0 Å². The zero-order valence-electron chi connectivity index (χ0n) is 11.9. The van der Waals surface area contributed by atoms with Crippen LogP contribution in [0.4, 0.5) is 0 Å². The van der Waals surface area contributed by atoms with Crippen LogP contribution in [0.3, 0.4) is 0 Å². The van der Waals surface area contributed by atoms with E-state index in [-0.39, 0.29) is 12.3 Å². The number of amides is 1. The second-order valence-corrected chi connectivity index (χ2v) is 5.57. The lowest BCUT2D eigenvalue weighted by atomic mass is 9.71. The van der Waals surface area contributed by atoms with Crippen LogP contribution in [0.5, 0.6) is 0 Å². The predicted molar refractivity (Wildman–Crippen MR) is 74.8 cm³/mol. The smallest absolute Gasteiger partial charge is 0.310 e. The molecule has 0 atom stereocenters. The molecule has 19 heavy (non-hydrogen) atoms. The third-order valence-electron chi connectivity index (χ3n) is 4.08. The van der Waals surface area contributed by atoms with Crippen LogP contribution in [0.1, 0.15) is 51.4 Å². The highest BCUT2D eigenvalue weighted by atomic mass is 16.4. The van der Waals surface area contributed by atoms with Gasteiger partial charge in [0.05, 0.1) is 5.41 Å². The van der Waals surface area contributed by atoms with E-state index in [0.29, 0.717) is 19.4 Å². The van der Waals surface area contributed by atoms with Crippen molar-refractivity contribution in [2.75, 3.05) is 13.6 Å². The normalized spacial score (nSPS) is 17.7. The number of hydrogen-bond donors (Lipinski definition) is 1. The molecule has 108 valence electrons. The molecule has 0 saturated heterocycles. The van der Waals surface area contributed by atoms with Gasteiger partial charge in [-0.05, 0) is 25.7 Å². The van der Waals surface area contributed by atoms with Gasteiger partial charge in [0, 0.05) is 20.0 Å². The van der Waals surface area contributed by atoms with Crippen molar-refractivity contribution >= 4 is 11.9 Å². The molecule has 4 nitrogen and oxygen atoms in total. The number of carboxylic acids is 1. The van der Waals surface area contributed by atoms with Gasteiger partial charge in [-0.15, -0.1) is 6.58 Å². The fourth-order valence-corrected chi connectivity index (χ4v) is 2.72. The third kappa shape index (κ3) is 4.37. The molecule has 0 aromatic carbocycles. The minimum absolute atomic E-state index is 0.0478. The van der Waals surface area contributed by atoms with Crippen molar-refractivity contribution in [1.29, 1.82) is 0 Å². The first kappa shape index (κ1) is 15.7. The largest absolute Gasteiger partial charge is 0.481 e. The van der Waals surface area contributed by atoms with E-state index < -0.39 is 11.4 Å². The molecule has 4 heteroatoms. The number of rotatable bonds is 7. The lowest BCUT2D eigenvalue weighted by Crippen LogP contribution is -2.40. The first-order valence-electron chi connectivity index (χ1n) is 7.10. The molecule has 0 unspecified atom stereocenters. The predicted octanol–water partition coefficient (Wildman–Crippen LogP) is 2.84. The number of carbonyl (C=O) groups excluding carboxylic acids is 1. The molecule has 0 heterocycles. The number of nitrogens with zero attached hydrogens (tertiary/aromatic N) is 1. The van der Waals surface area contributed by atoms with Gasteiger partial charge in [0.2, 0.25) is 5.91 Å². The van der Waals surface area contributed by atoms with Crippen LogP contribution in [0.15, 0.2) is 12.7 Å². The molecular weight excluding hydrogens is 242 g/mol. The van der Waals surface area contributed by atoms with Crippen molar-refractivity contribution in [3.63, 3.8) is 0 Å². The Bertz CT molecular complexity index is 332. The second-order valence-electron chi connectivity index (χ2n) is 5.57. The van der Waals surface area contributed by atoms with Gasteiger partial charge in [-0.3, -0.25) is 9.59 Å². The Labute approximate surface area is 115 Å². The topological polar surface area (TPSA) is 57.6 Å². The molecule has 1 aliphatic carbocycles. The number of allylic oxidation sites excluding steroid dienone is 1. The van der Waals surface area contributed by atoms with Crippen molar-refractivity contribution < 1.29 is 14.7 Å². The summed E-state index contributed by atoms with van der Waals surface area (Å²) in [6.45, 7) is 4.32. The number of unbranched alkanes of at least 4 members (excludes halogenated alkanes) is 1. The fourth-order valence-electron chi connectivity index (χ4n) is 2.72. The quantitative estimate of drug-likeness (QED) is 0.570. The minimum Gasteiger partial charge on any atom is -0.481 e. The van der Waals surface area contributed by atoms with Crippen LogP contribution >= 0.6 is 0 Å². The van der Waals surface area contributed by atoms with Crippen molar-refractivity contribution in [3.8, 4) is 0 Å². The molecule has 0 radical (unpaired) electrons. The van der Waals surface area contributed by atoms with Gasteiger partial charge >= 0.3 is 5.97 Å². The molecule has 0 aromatic heterocycles. The Morgan fingerprint density at radius 1 is 1.32 bits per heavy atom. The Balaban J connectivity index is 2.56. The van der Waals surface area contributed by atoms with E-state index in [4.69, 9.17) is 0 Å². The summed E-state index contributed by atoms with van der Waals surface area (Å²) in [5.41, 5.74) is -0.817. The van der Waals surface area contributed by atoms with Crippen LogP contribution in [-0.2, 0) is 9.59 Å². The first-order chi connectivity index (χ1) is 9.02. The van der Waals surface area contributed by atoms with Crippen LogP contribution in [-0.4, -0.2) is 35.5 Å². The maximum absolute atomic E-state index is 12.2. The maximum Gasteiger partial charge on any atom is 0.310 e. The Morgan fingerprint density at radius 2 is 1.95 bits per heavy atom. The number of carbonyl (C=O) groups is 2. The summed E-state index contributed by atoms with van der Waals surface area (Å²) in [6.07, 6.45) is 7.92. The summed E-state index contributed by atoms with van der Waals surface area (Å²) < 4.78 is 0. The lowest BCUT2D eigenvalue weighted by Gasteiger charge is -2.33. The lowest BCUT2D eigenvalue weighted by molar-refractivity contribution is -0.155. The standard InChI is InChI=1S/C15H25NO3/c1-3-4-8-11-16(2)13(17)12-15(14(18)19)9-6-5-7-10-15/h3H,1,4-12H2,2H3,(H,18,19). The number of hydrogen-bond acceptors (Lipinski definition) is 2. The Kier molecular flexibility index (Phi) is 6.06. The van der Waals surface area contributed by atoms with Gasteiger partial charge in [-0.25, -0.2) is 0 Å². The van der Waals surface area contributed by atoms with Crippen molar-refractivity contribution in [1.82, 2.24) is 4.90 Å². The van der Waals surface area contributed by atoms with Gasteiger partial charge < -0.3 is 10.0 Å². The number of carboxylic acid groups (broad SMARTS) is 1. The molecule has 0 bridgehead atoms. The maximum atomic E-state index is 12.2. The Morgan fingerprint density at radius 3 is 2.47 bits per heavy atom. The number of aliphatic carboxylic acids is 1. The molecule has 1 amide bonds. The fraction of sp³-hybridized carbons (Fsp3) is 0.733. The monoisotopic (exact) mass is 267 g/mol. The Hall–Kier alpha value is -1.32. The van der Waals surface area contributed by atoms with Crippen LogP contribution in [0, 0.1) is 5.41 Å². The summed E-state index contributed by atoms with van der Waals surface area (Å²) in [6, 6.07) is 0. The van der Waals surface area contributed by atoms with E-state index >= 15 is 0 Å². The SMILES string of the molecule is C=CCCCN(C)C(=O)CC1(C(=O)O)CCCCC1. The summed E-state index contributed by atoms with van der Waals surface area (Å²) >= 11 is 0. The summed E-state index contributed by atoms with van der Waals surface area (Å²) in [5, 5.41) is 9.45. The highest BCUT2D eigenvalue weighted by molar-refractivity contribution is 5.85. The van der Waals surface area contributed by atoms with Crippen LogP contribution < -0.4 is 0 Å². The van der Waals surface area contributed by atoms with E-state index in [1.54, 1.807) is 11.9 Å². The first-order valence-corrected chi connectivity index (χ1v) is 7.10. The molecule has 0 aromatic rings. The molecule has 1 fully saturated rings. The van der Waals surface area contributed by atoms with Gasteiger partial charge in [-0.1, -0.05) is 25.3 Å². The molecule has 1 aliphatic rings. The minimum atomic E-state index is -0.817. The average molecular weight is 267 g/mol. The zero-order valence-corrected chi connectivity index (χ0v) is 11.9. The van der Waals surface area contributed by atoms with E-state index in [2.05, 4.69) is 6.58 Å². The molecule has 0 spiro atoms. The van der Waals surface area contributed by atoms with E-state index in [9.17, 15) is 14.7 Å². The summed E-state index contributed by atoms with van der Waals surface area (Å²) in [4.78, 5) is 25.3. The van der Waals surface area contributed by atoms with Crippen molar-refractivity contribution in [3.05, 3.63) is 12.7 Å². The average Bonchev–Trinajstić information content (AvgIpc) is 2.39. The summed E-state index contributed by atoms with van der Waals surface area (Å²) in [5.74, 6) is -0.853. The molecular formula is C15H25NO3. The highest BCUT2D eigenvalue weighted by Gasteiger charge is 2.41. The molecule has 1 N–H and O–H groups in total. The third-order valence-corrected chi connectivity index (χ3v) is 4.08. The second kappa shape index (κ2) is 7.31.